The smallest absolute Gasteiger partial charge is 0.119 e. The summed E-state index contributed by atoms with van der Waals surface area (Å²) in [7, 11) is 0. The first-order valence-electron chi connectivity index (χ1n) is 6.15. The van der Waals surface area contributed by atoms with Crippen molar-refractivity contribution in [2.45, 2.75) is 26.5 Å². The minimum atomic E-state index is 0.577. The number of benzene rings is 1. The molecule has 3 nitrogen and oxygen atoms in total. The predicted octanol–water partition coefficient (Wildman–Crippen LogP) is 3.20. The molecule has 1 aromatic carbocycles. The minimum Gasteiger partial charge on any atom is -0.374 e. The summed E-state index contributed by atoms with van der Waals surface area (Å²) in [6, 6.07) is 8.21. The fourth-order valence-electron chi connectivity index (χ4n) is 1.63. The number of nitrogens with zero attached hydrogens (tertiary/aromatic N) is 1. The molecular weight excluding hydrogens is 244 g/mol. The van der Waals surface area contributed by atoms with E-state index in [0.717, 1.165) is 34.9 Å². The second kappa shape index (κ2) is 6.64. The Bertz CT molecular complexity index is 479. The van der Waals surface area contributed by atoms with Gasteiger partial charge in [0.2, 0.25) is 0 Å². The second-order valence-electron chi connectivity index (χ2n) is 4.08. The van der Waals surface area contributed by atoms with Crippen molar-refractivity contribution in [1.29, 1.82) is 0 Å². The first kappa shape index (κ1) is 13.2. The van der Waals surface area contributed by atoms with E-state index in [1.807, 2.05) is 12.1 Å². The lowest BCUT2D eigenvalue weighted by molar-refractivity contribution is 0.121. The van der Waals surface area contributed by atoms with Gasteiger partial charge in [-0.25, -0.2) is 4.98 Å². The standard InChI is InChI=1S/C14H18N2OS/c1-2-7-17-9-14-16-13(10-18-14)12-5-3-11(8-15)4-6-12/h3-6,10H,2,7-9,15H2,1H3. The molecule has 1 aromatic heterocycles. The Morgan fingerprint density at radius 3 is 2.72 bits per heavy atom. The highest BCUT2D eigenvalue weighted by Crippen LogP contribution is 2.22. The van der Waals surface area contributed by atoms with E-state index in [2.05, 4.69) is 29.4 Å². The second-order valence-corrected chi connectivity index (χ2v) is 5.02. The zero-order chi connectivity index (χ0) is 12.8. The molecule has 96 valence electrons. The lowest BCUT2D eigenvalue weighted by Crippen LogP contribution is -1.95. The largest absolute Gasteiger partial charge is 0.374 e. The number of hydrogen-bond acceptors (Lipinski definition) is 4. The highest BCUT2D eigenvalue weighted by atomic mass is 32.1. The van der Waals surface area contributed by atoms with Gasteiger partial charge in [0.05, 0.1) is 12.3 Å². The Balaban J connectivity index is 2.04. The highest BCUT2D eigenvalue weighted by Gasteiger charge is 2.04. The van der Waals surface area contributed by atoms with E-state index in [9.17, 15) is 0 Å². The van der Waals surface area contributed by atoms with E-state index >= 15 is 0 Å². The normalized spacial score (nSPS) is 10.8. The van der Waals surface area contributed by atoms with Crippen LogP contribution in [0.15, 0.2) is 29.6 Å². The van der Waals surface area contributed by atoms with Crippen LogP contribution in [-0.4, -0.2) is 11.6 Å². The summed E-state index contributed by atoms with van der Waals surface area (Å²) in [6.45, 7) is 4.08. The fourth-order valence-corrected chi connectivity index (χ4v) is 2.36. The van der Waals surface area contributed by atoms with Crippen LogP contribution >= 0.6 is 11.3 Å². The van der Waals surface area contributed by atoms with Crippen molar-refractivity contribution in [3.8, 4) is 11.3 Å². The Kier molecular flexibility index (Phi) is 4.87. The van der Waals surface area contributed by atoms with Crippen LogP contribution in [-0.2, 0) is 17.9 Å². The summed E-state index contributed by atoms with van der Waals surface area (Å²) in [5.41, 5.74) is 8.86. The molecule has 0 bridgehead atoms. The molecule has 2 rings (SSSR count). The van der Waals surface area contributed by atoms with Crippen molar-refractivity contribution in [3.05, 3.63) is 40.2 Å². The third-order valence-electron chi connectivity index (χ3n) is 2.61. The summed E-state index contributed by atoms with van der Waals surface area (Å²) in [5, 5.41) is 3.10. The molecule has 0 aliphatic carbocycles. The van der Waals surface area contributed by atoms with E-state index in [-0.39, 0.29) is 0 Å². The van der Waals surface area contributed by atoms with Crippen LogP contribution in [0.2, 0.25) is 0 Å². The Labute approximate surface area is 112 Å². The van der Waals surface area contributed by atoms with Crippen LogP contribution in [0, 0.1) is 0 Å². The summed E-state index contributed by atoms with van der Waals surface area (Å²) >= 11 is 1.64. The van der Waals surface area contributed by atoms with Crippen LogP contribution in [0.1, 0.15) is 23.9 Å². The van der Waals surface area contributed by atoms with Gasteiger partial charge in [-0.1, -0.05) is 31.2 Å². The fraction of sp³-hybridized carbons (Fsp3) is 0.357. The van der Waals surface area contributed by atoms with Gasteiger partial charge in [0.25, 0.3) is 0 Å². The number of hydrogen-bond donors (Lipinski definition) is 1. The summed E-state index contributed by atoms with van der Waals surface area (Å²) in [5.74, 6) is 0. The van der Waals surface area contributed by atoms with E-state index < -0.39 is 0 Å². The Morgan fingerprint density at radius 1 is 1.28 bits per heavy atom. The number of ether oxygens (including phenoxy) is 1. The van der Waals surface area contributed by atoms with E-state index in [1.165, 1.54) is 0 Å². The highest BCUT2D eigenvalue weighted by molar-refractivity contribution is 7.09. The van der Waals surface area contributed by atoms with Crippen LogP contribution < -0.4 is 5.73 Å². The Morgan fingerprint density at radius 2 is 2.06 bits per heavy atom. The molecule has 0 spiro atoms. The van der Waals surface area contributed by atoms with Gasteiger partial charge >= 0.3 is 0 Å². The molecule has 0 saturated carbocycles. The van der Waals surface area contributed by atoms with E-state index in [1.54, 1.807) is 11.3 Å². The number of thiazole rings is 1. The van der Waals surface area contributed by atoms with Gasteiger partial charge < -0.3 is 10.5 Å². The minimum absolute atomic E-state index is 0.577. The molecule has 1 heterocycles. The molecule has 0 amide bonds. The van der Waals surface area contributed by atoms with E-state index in [0.29, 0.717) is 13.2 Å². The monoisotopic (exact) mass is 262 g/mol. The average Bonchev–Trinajstić information content (AvgIpc) is 2.88. The van der Waals surface area contributed by atoms with E-state index in [4.69, 9.17) is 10.5 Å². The van der Waals surface area contributed by atoms with Crippen LogP contribution in [0.4, 0.5) is 0 Å². The van der Waals surface area contributed by atoms with Crippen molar-refractivity contribution >= 4 is 11.3 Å². The van der Waals surface area contributed by atoms with Crippen molar-refractivity contribution in [2.24, 2.45) is 5.73 Å². The number of aromatic nitrogens is 1. The predicted molar refractivity (Wildman–Crippen MR) is 75.4 cm³/mol. The zero-order valence-corrected chi connectivity index (χ0v) is 11.4. The quantitative estimate of drug-likeness (QED) is 0.813. The van der Waals surface area contributed by atoms with Crippen molar-refractivity contribution < 1.29 is 4.74 Å². The lowest BCUT2D eigenvalue weighted by atomic mass is 10.1. The molecule has 0 fully saturated rings. The van der Waals surface area contributed by atoms with Gasteiger partial charge in [0.1, 0.15) is 5.01 Å². The molecule has 4 heteroatoms. The molecule has 0 aliphatic rings. The maximum Gasteiger partial charge on any atom is 0.119 e. The van der Waals surface area contributed by atoms with Gasteiger partial charge in [0, 0.05) is 24.1 Å². The molecule has 0 radical (unpaired) electrons. The van der Waals surface area contributed by atoms with Gasteiger partial charge in [-0.3, -0.25) is 0 Å². The van der Waals surface area contributed by atoms with Gasteiger partial charge in [-0.15, -0.1) is 11.3 Å². The summed E-state index contributed by atoms with van der Waals surface area (Å²) in [4.78, 5) is 4.57. The molecule has 2 N–H and O–H groups in total. The summed E-state index contributed by atoms with van der Waals surface area (Å²) in [6.07, 6.45) is 1.04. The third kappa shape index (κ3) is 3.38. The van der Waals surface area contributed by atoms with Crippen LogP contribution in [0.25, 0.3) is 11.3 Å². The van der Waals surface area contributed by atoms with Gasteiger partial charge in [-0.2, -0.15) is 0 Å². The Hall–Kier alpha value is -1.23. The maximum atomic E-state index is 5.58. The van der Waals surface area contributed by atoms with Gasteiger partial charge in [-0.05, 0) is 12.0 Å². The molecular formula is C14H18N2OS. The first-order valence-corrected chi connectivity index (χ1v) is 7.03. The first-order chi connectivity index (χ1) is 8.83. The average molecular weight is 262 g/mol. The molecule has 0 unspecified atom stereocenters. The molecule has 18 heavy (non-hydrogen) atoms. The van der Waals surface area contributed by atoms with Gasteiger partial charge in [0.15, 0.2) is 0 Å². The van der Waals surface area contributed by atoms with Crippen molar-refractivity contribution in [1.82, 2.24) is 4.98 Å². The lowest BCUT2D eigenvalue weighted by Gasteiger charge is -2.00. The molecule has 0 saturated heterocycles. The number of nitrogens with two attached hydrogens (primary N) is 1. The maximum absolute atomic E-state index is 5.58. The SMILES string of the molecule is CCCOCc1nc(-c2ccc(CN)cc2)cs1. The molecule has 0 atom stereocenters. The van der Waals surface area contributed by atoms with Crippen molar-refractivity contribution in [3.63, 3.8) is 0 Å². The van der Waals surface area contributed by atoms with Crippen LogP contribution in [0.5, 0.6) is 0 Å². The van der Waals surface area contributed by atoms with Crippen LogP contribution in [0.3, 0.4) is 0 Å². The molecule has 2 aromatic rings. The molecule has 0 aliphatic heterocycles. The third-order valence-corrected chi connectivity index (χ3v) is 3.43. The number of rotatable bonds is 6. The van der Waals surface area contributed by atoms with Crippen molar-refractivity contribution in [2.75, 3.05) is 6.61 Å². The topological polar surface area (TPSA) is 48.1 Å². The summed E-state index contributed by atoms with van der Waals surface area (Å²) < 4.78 is 5.49. The zero-order valence-electron chi connectivity index (χ0n) is 10.6.